The third kappa shape index (κ3) is 3.96. The summed E-state index contributed by atoms with van der Waals surface area (Å²) in [7, 11) is 0. The van der Waals surface area contributed by atoms with Crippen molar-refractivity contribution in [3.8, 4) is 0 Å². The zero-order chi connectivity index (χ0) is 11.1. The molecule has 0 bridgehead atoms. The Morgan fingerprint density at radius 1 is 1.27 bits per heavy atom. The summed E-state index contributed by atoms with van der Waals surface area (Å²) in [4.78, 5) is 1.32. The van der Waals surface area contributed by atoms with Gasteiger partial charge in [0.05, 0.1) is 0 Å². The van der Waals surface area contributed by atoms with Gasteiger partial charge in [0.1, 0.15) is 0 Å². The molecule has 0 radical (unpaired) electrons. The van der Waals surface area contributed by atoms with Gasteiger partial charge in [0.25, 0.3) is 0 Å². The lowest BCUT2D eigenvalue weighted by Crippen LogP contribution is -1.77. The zero-order valence-electron chi connectivity index (χ0n) is 9.66. The fraction of sp³-hybridized carbons (Fsp3) is 0.286. The molecule has 1 rings (SSSR count). The molecule has 0 aliphatic heterocycles. The molecule has 0 atom stereocenters. The van der Waals surface area contributed by atoms with Crippen LogP contribution in [0.1, 0.15) is 32.8 Å². The van der Waals surface area contributed by atoms with E-state index in [-0.39, 0.29) is 0 Å². The third-order valence-electron chi connectivity index (χ3n) is 2.27. The van der Waals surface area contributed by atoms with Crippen molar-refractivity contribution >= 4 is 16.7 Å². The fourth-order valence-corrected chi connectivity index (χ4v) is 2.06. The van der Waals surface area contributed by atoms with E-state index in [1.165, 1.54) is 16.0 Å². The summed E-state index contributed by atoms with van der Waals surface area (Å²) in [6, 6.07) is 10.5. The molecule has 0 amide bonds. The molecule has 0 heterocycles. The van der Waals surface area contributed by atoms with Gasteiger partial charge < -0.3 is 0 Å². The molecule has 0 nitrogen and oxygen atoms in total. The van der Waals surface area contributed by atoms with Gasteiger partial charge in [-0.2, -0.15) is 0 Å². The first-order valence-corrected chi connectivity index (χ1v) is 6.20. The lowest BCUT2D eigenvalue weighted by atomic mass is 10.2. The van der Waals surface area contributed by atoms with Gasteiger partial charge in [-0.1, -0.05) is 60.7 Å². The van der Waals surface area contributed by atoms with Crippen LogP contribution < -0.4 is 0 Å². The van der Waals surface area contributed by atoms with Crippen LogP contribution in [0.15, 0.2) is 47.4 Å². The minimum absolute atomic E-state index is 1.12. The van der Waals surface area contributed by atoms with E-state index < -0.39 is 0 Å². The molecule has 80 valence electrons. The van der Waals surface area contributed by atoms with Gasteiger partial charge in [-0.15, -0.1) is 0 Å². The van der Waals surface area contributed by atoms with Gasteiger partial charge in [-0.3, -0.25) is 0 Å². The van der Waals surface area contributed by atoms with E-state index in [0.717, 1.165) is 6.42 Å². The molecule has 0 fully saturated rings. The lowest BCUT2D eigenvalue weighted by Gasteiger charge is -2.04. The highest BCUT2D eigenvalue weighted by Crippen LogP contribution is 2.29. The molecule has 1 aromatic carbocycles. The van der Waals surface area contributed by atoms with E-state index >= 15 is 0 Å². The first-order chi connectivity index (χ1) is 7.27. The predicted molar refractivity (Wildman–Crippen MR) is 71.7 cm³/mol. The Bertz CT molecular complexity index is 347. The minimum Gasteiger partial charge on any atom is -0.0979 e. The Morgan fingerprint density at radius 2 is 1.93 bits per heavy atom. The van der Waals surface area contributed by atoms with Crippen molar-refractivity contribution < 1.29 is 0 Å². The van der Waals surface area contributed by atoms with Crippen LogP contribution in [-0.4, -0.2) is 0 Å². The van der Waals surface area contributed by atoms with Crippen LogP contribution in [0.3, 0.4) is 0 Å². The molecule has 0 aliphatic rings. The van der Waals surface area contributed by atoms with Gasteiger partial charge >= 0.3 is 0 Å². The van der Waals surface area contributed by atoms with E-state index in [9.17, 15) is 0 Å². The maximum atomic E-state index is 2.24. The highest BCUT2D eigenvalue weighted by Gasteiger charge is 1.98. The lowest BCUT2D eigenvalue weighted by molar-refractivity contribution is 1.11. The van der Waals surface area contributed by atoms with E-state index in [1.54, 1.807) is 11.8 Å². The molecule has 0 aliphatic carbocycles. The minimum atomic E-state index is 1.12. The third-order valence-corrected chi connectivity index (χ3v) is 3.51. The topological polar surface area (TPSA) is 0 Å². The number of thioether (sulfide) groups is 1. The molecular weight excluding hydrogens is 200 g/mol. The first-order valence-electron chi connectivity index (χ1n) is 5.32. The predicted octanol–water partition coefficient (Wildman–Crippen LogP) is 5.09. The van der Waals surface area contributed by atoms with Crippen molar-refractivity contribution in [2.45, 2.75) is 27.2 Å². The summed E-state index contributed by atoms with van der Waals surface area (Å²) in [6.07, 6.45) is 3.29. The van der Waals surface area contributed by atoms with Crippen molar-refractivity contribution in [2.24, 2.45) is 0 Å². The van der Waals surface area contributed by atoms with E-state index in [4.69, 9.17) is 0 Å². The van der Waals surface area contributed by atoms with Crippen molar-refractivity contribution in [2.75, 3.05) is 0 Å². The standard InChI is InChI=1S/C14H18S/c1-4-12(3)11-15-14(5-2)13-9-7-6-8-10-13/h5-11H,4H2,1-3H3/b12-11+,14-5?. The number of hydrogen-bond acceptors (Lipinski definition) is 1. The van der Waals surface area contributed by atoms with Crippen LogP contribution in [0.4, 0.5) is 0 Å². The van der Waals surface area contributed by atoms with Crippen LogP contribution in [0.25, 0.3) is 4.91 Å². The van der Waals surface area contributed by atoms with Crippen LogP contribution in [-0.2, 0) is 0 Å². The fourth-order valence-electron chi connectivity index (χ4n) is 1.15. The van der Waals surface area contributed by atoms with Crippen molar-refractivity contribution in [3.63, 3.8) is 0 Å². The molecular formula is C14H18S. The molecule has 0 N–H and O–H groups in total. The Balaban J connectivity index is 2.75. The van der Waals surface area contributed by atoms with Gasteiger partial charge in [-0.05, 0) is 31.2 Å². The van der Waals surface area contributed by atoms with Crippen LogP contribution in [0.5, 0.6) is 0 Å². The highest BCUT2D eigenvalue weighted by molar-refractivity contribution is 8.10. The number of rotatable bonds is 4. The summed E-state index contributed by atoms with van der Waals surface area (Å²) in [5.74, 6) is 0. The van der Waals surface area contributed by atoms with Gasteiger partial charge in [-0.25, -0.2) is 0 Å². The summed E-state index contributed by atoms with van der Waals surface area (Å²) >= 11 is 1.81. The highest BCUT2D eigenvalue weighted by atomic mass is 32.2. The average Bonchev–Trinajstić information content (AvgIpc) is 2.31. The van der Waals surface area contributed by atoms with Crippen LogP contribution in [0.2, 0.25) is 0 Å². The molecule has 1 aromatic rings. The SMILES string of the molecule is CC=C(S/C=C(\C)CC)c1ccccc1. The Morgan fingerprint density at radius 3 is 2.47 bits per heavy atom. The molecule has 0 spiro atoms. The number of benzene rings is 1. The quantitative estimate of drug-likeness (QED) is 0.678. The van der Waals surface area contributed by atoms with Crippen LogP contribution in [0, 0.1) is 0 Å². The smallest absolute Gasteiger partial charge is 0.0146 e. The molecule has 0 saturated carbocycles. The maximum absolute atomic E-state index is 2.24. The molecule has 0 saturated heterocycles. The second kappa shape index (κ2) is 6.52. The second-order valence-electron chi connectivity index (χ2n) is 3.45. The maximum Gasteiger partial charge on any atom is 0.0146 e. The Hall–Kier alpha value is -0.950. The molecule has 0 aromatic heterocycles. The summed E-state index contributed by atoms with van der Waals surface area (Å²) < 4.78 is 0. The zero-order valence-corrected chi connectivity index (χ0v) is 10.5. The summed E-state index contributed by atoms with van der Waals surface area (Å²) in [5.41, 5.74) is 2.72. The van der Waals surface area contributed by atoms with E-state index in [2.05, 4.69) is 62.6 Å². The largest absolute Gasteiger partial charge is 0.0979 e. The molecule has 1 heteroatoms. The van der Waals surface area contributed by atoms with Gasteiger partial charge in [0.2, 0.25) is 0 Å². The monoisotopic (exact) mass is 218 g/mol. The Kier molecular flexibility index (Phi) is 5.27. The van der Waals surface area contributed by atoms with Crippen molar-refractivity contribution in [1.82, 2.24) is 0 Å². The first kappa shape index (κ1) is 12.1. The number of hydrogen-bond donors (Lipinski definition) is 0. The van der Waals surface area contributed by atoms with Crippen molar-refractivity contribution in [3.05, 3.63) is 53.0 Å². The summed E-state index contributed by atoms with van der Waals surface area (Å²) in [5, 5.41) is 2.24. The average molecular weight is 218 g/mol. The van der Waals surface area contributed by atoms with Gasteiger partial charge in [0, 0.05) is 4.91 Å². The summed E-state index contributed by atoms with van der Waals surface area (Å²) in [6.45, 7) is 6.44. The second-order valence-corrected chi connectivity index (χ2v) is 4.37. The Labute approximate surface area is 97.1 Å². The molecule has 0 unspecified atom stereocenters. The van der Waals surface area contributed by atoms with E-state index in [0.29, 0.717) is 0 Å². The number of allylic oxidation sites excluding steroid dienone is 2. The van der Waals surface area contributed by atoms with Gasteiger partial charge in [0.15, 0.2) is 0 Å². The molecule has 15 heavy (non-hydrogen) atoms. The van der Waals surface area contributed by atoms with E-state index in [1.807, 2.05) is 0 Å². The van der Waals surface area contributed by atoms with Crippen molar-refractivity contribution in [1.29, 1.82) is 0 Å². The normalized spacial score (nSPS) is 13.0. The van der Waals surface area contributed by atoms with Crippen LogP contribution >= 0.6 is 11.8 Å².